The summed E-state index contributed by atoms with van der Waals surface area (Å²) in [5.41, 5.74) is 1.000. The fraction of sp³-hybridized carbons (Fsp3) is 0.250. The highest BCUT2D eigenvalue weighted by atomic mass is 32.1. The fourth-order valence-electron chi connectivity index (χ4n) is 1.97. The van der Waals surface area contributed by atoms with Crippen LogP contribution in [0, 0.1) is 18.6 Å². The number of hydrogen-bond acceptors (Lipinski definition) is 5. The van der Waals surface area contributed by atoms with E-state index in [9.17, 15) is 4.79 Å². The number of aryl methyl sites for hydroxylation is 2. The summed E-state index contributed by atoms with van der Waals surface area (Å²) in [6.07, 6.45) is 1.73. The zero-order valence-corrected chi connectivity index (χ0v) is 12.8. The Morgan fingerprint density at radius 3 is 2.95 bits per heavy atom. The lowest BCUT2D eigenvalue weighted by Crippen LogP contribution is -2.22. The molecule has 0 unspecified atom stereocenters. The van der Waals surface area contributed by atoms with Crippen molar-refractivity contribution in [2.24, 2.45) is 0 Å². The van der Waals surface area contributed by atoms with Crippen molar-refractivity contribution in [3.8, 4) is 0 Å². The van der Waals surface area contributed by atoms with Gasteiger partial charge in [-0.2, -0.15) is 0 Å². The number of aromatic amines is 1. The normalized spacial score (nSPS) is 11.3. The van der Waals surface area contributed by atoms with Crippen molar-refractivity contribution < 1.29 is 0 Å². The SMILES string of the molecule is Cc1sc2[nH]c(=S)n(Cc3nccs3)c(=O)c2c1C. The number of H-pyrrole nitrogens is 1. The van der Waals surface area contributed by atoms with Gasteiger partial charge in [0.2, 0.25) is 0 Å². The van der Waals surface area contributed by atoms with E-state index in [0.29, 0.717) is 11.3 Å². The van der Waals surface area contributed by atoms with E-state index in [1.54, 1.807) is 22.1 Å². The molecule has 0 fully saturated rings. The van der Waals surface area contributed by atoms with Gasteiger partial charge in [-0.05, 0) is 31.6 Å². The van der Waals surface area contributed by atoms with E-state index in [1.165, 1.54) is 11.3 Å². The molecule has 7 heteroatoms. The highest BCUT2D eigenvalue weighted by molar-refractivity contribution is 7.71. The largest absolute Gasteiger partial charge is 0.323 e. The second-order valence-electron chi connectivity index (χ2n) is 4.23. The molecule has 98 valence electrons. The van der Waals surface area contributed by atoms with Gasteiger partial charge in [0.05, 0.1) is 11.9 Å². The van der Waals surface area contributed by atoms with Crippen LogP contribution in [-0.4, -0.2) is 14.5 Å². The lowest BCUT2D eigenvalue weighted by atomic mass is 10.2. The zero-order chi connectivity index (χ0) is 13.6. The predicted octanol–water partition coefficient (Wildman–Crippen LogP) is 3.24. The molecule has 3 heterocycles. The quantitative estimate of drug-likeness (QED) is 0.739. The molecule has 1 N–H and O–H groups in total. The van der Waals surface area contributed by atoms with Crippen molar-refractivity contribution in [1.29, 1.82) is 0 Å². The Morgan fingerprint density at radius 2 is 2.26 bits per heavy atom. The van der Waals surface area contributed by atoms with Crippen molar-refractivity contribution in [2.45, 2.75) is 20.4 Å². The third-order valence-electron chi connectivity index (χ3n) is 3.09. The molecule has 0 atom stereocenters. The number of nitrogens with one attached hydrogen (secondary N) is 1. The van der Waals surface area contributed by atoms with Gasteiger partial charge in [0.15, 0.2) is 4.77 Å². The molecule has 3 aromatic rings. The minimum Gasteiger partial charge on any atom is -0.323 e. The maximum atomic E-state index is 12.6. The molecule has 0 aliphatic carbocycles. The first-order chi connectivity index (χ1) is 9.08. The van der Waals surface area contributed by atoms with Crippen molar-refractivity contribution in [1.82, 2.24) is 14.5 Å². The molecule has 0 saturated carbocycles. The second-order valence-corrected chi connectivity index (χ2v) is 6.83. The predicted molar refractivity (Wildman–Crippen MR) is 82.0 cm³/mol. The first kappa shape index (κ1) is 12.7. The Morgan fingerprint density at radius 1 is 1.47 bits per heavy atom. The summed E-state index contributed by atoms with van der Waals surface area (Å²) >= 11 is 8.38. The number of hydrogen-bond donors (Lipinski definition) is 1. The summed E-state index contributed by atoms with van der Waals surface area (Å²) in [4.78, 5) is 21.9. The first-order valence-corrected chi connectivity index (χ1v) is 7.79. The van der Waals surface area contributed by atoms with E-state index in [-0.39, 0.29) is 5.56 Å². The topological polar surface area (TPSA) is 50.7 Å². The Hall–Kier alpha value is -1.31. The average Bonchev–Trinajstić information content (AvgIpc) is 2.95. The molecular formula is C12H11N3OS3. The second kappa shape index (κ2) is 4.66. The van der Waals surface area contributed by atoms with E-state index >= 15 is 0 Å². The van der Waals surface area contributed by atoms with Gasteiger partial charge in [0, 0.05) is 16.5 Å². The maximum Gasteiger partial charge on any atom is 0.263 e. The molecular weight excluding hydrogens is 298 g/mol. The van der Waals surface area contributed by atoms with Crippen LogP contribution in [0.2, 0.25) is 0 Å². The Balaban J connectivity index is 2.28. The van der Waals surface area contributed by atoms with Gasteiger partial charge in [0.1, 0.15) is 9.84 Å². The number of thiazole rings is 1. The van der Waals surface area contributed by atoms with Crippen LogP contribution in [0.1, 0.15) is 15.4 Å². The average molecular weight is 309 g/mol. The van der Waals surface area contributed by atoms with Crippen LogP contribution in [-0.2, 0) is 6.54 Å². The van der Waals surface area contributed by atoms with Crippen LogP contribution < -0.4 is 5.56 Å². The van der Waals surface area contributed by atoms with Crippen molar-refractivity contribution >= 4 is 45.1 Å². The number of nitrogens with zero attached hydrogens (tertiary/aromatic N) is 2. The third-order valence-corrected chi connectivity index (χ3v) is 5.30. The van der Waals surface area contributed by atoms with Crippen LogP contribution in [0.25, 0.3) is 10.2 Å². The van der Waals surface area contributed by atoms with Crippen LogP contribution in [0.5, 0.6) is 0 Å². The highest BCUT2D eigenvalue weighted by Crippen LogP contribution is 2.25. The Bertz CT molecular complexity index is 855. The Labute approximate surface area is 122 Å². The van der Waals surface area contributed by atoms with E-state index < -0.39 is 0 Å². The standard InChI is InChI=1S/C12H11N3OS3/c1-6-7(2)19-10-9(6)11(16)15(12(17)14-10)5-8-13-3-4-18-8/h3-4H,5H2,1-2H3,(H,14,17). The molecule has 3 aromatic heterocycles. The maximum absolute atomic E-state index is 12.6. The molecule has 0 bridgehead atoms. The molecule has 0 amide bonds. The smallest absolute Gasteiger partial charge is 0.263 e. The van der Waals surface area contributed by atoms with Gasteiger partial charge in [-0.1, -0.05) is 0 Å². The van der Waals surface area contributed by atoms with Gasteiger partial charge in [-0.15, -0.1) is 22.7 Å². The molecule has 0 aliphatic rings. The minimum absolute atomic E-state index is 0.0317. The van der Waals surface area contributed by atoms with Gasteiger partial charge >= 0.3 is 0 Å². The number of aromatic nitrogens is 3. The van der Waals surface area contributed by atoms with E-state index in [0.717, 1.165) is 25.7 Å². The van der Waals surface area contributed by atoms with Gasteiger partial charge in [-0.3, -0.25) is 9.36 Å². The van der Waals surface area contributed by atoms with Crippen molar-refractivity contribution in [3.63, 3.8) is 0 Å². The summed E-state index contributed by atoms with van der Waals surface area (Å²) < 4.78 is 2.03. The fourth-order valence-corrected chi connectivity index (χ4v) is 3.94. The third kappa shape index (κ3) is 2.07. The molecule has 0 aromatic carbocycles. The molecule has 0 aliphatic heterocycles. The molecule has 0 spiro atoms. The summed E-state index contributed by atoms with van der Waals surface area (Å²) in [5, 5.41) is 3.52. The molecule has 4 nitrogen and oxygen atoms in total. The van der Waals surface area contributed by atoms with Gasteiger partial charge < -0.3 is 4.98 Å². The number of thiophene rings is 1. The molecule has 0 saturated heterocycles. The summed E-state index contributed by atoms with van der Waals surface area (Å²) in [6, 6.07) is 0. The number of rotatable bonds is 2. The van der Waals surface area contributed by atoms with Crippen LogP contribution in [0.4, 0.5) is 0 Å². The Kier molecular flexibility index (Phi) is 3.12. The van der Waals surface area contributed by atoms with E-state index in [2.05, 4.69) is 9.97 Å². The van der Waals surface area contributed by atoms with Crippen molar-refractivity contribution in [3.05, 3.63) is 42.1 Å². The zero-order valence-electron chi connectivity index (χ0n) is 10.4. The lowest BCUT2D eigenvalue weighted by Gasteiger charge is -2.04. The highest BCUT2D eigenvalue weighted by Gasteiger charge is 2.13. The lowest BCUT2D eigenvalue weighted by molar-refractivity contribution is 0.730. The minimum atomic E-state index is -0.0317. The van der Waals surface area contributed by atoms with Crippen LogP contribution in [0.15, 0.2) is 16.4 Å². The summed E-state index contributed by atoms with van der Waals surface area (Å²) in [5.74, 6) is 0. The van der Waals surface area contributed by atoms with Gasteiger partial charge in [-0.25, -0.2) is 4.98 Å². The van der Waals surface area contributed by atoms with Crippen LogP contribution >= 0.6 is 34.9 Å². The molecule has 0 radical (unpaired) electrons. The first-order valence-electron chi connectivity index (χ1n) is 5.69. The number of fused-ring (bicyclic) bond motifs is 1. The molecule has 3 rings (SSSR count). The molecule has 19 heavy (non-hydrogen) atoms. The van der Waals surface area contributed by atoms with Crippen LogP contribution in [0.3, 0.4) is 0 Å². The van der Waals surface area contributed by atoms with E-state index in [1.807, 2.05) is 19.2 Å². The van der Waals surface area contributed by atoms with Gasteiger partial charge in [0.25, 0.3) is 5.56 Å². The summed E-state index contributed by atoms with van der Waals surface area (Å²) in [6.45, 7) is 4.41. The summed E-state index contributed by atoms with van der Waals surface area (Å²) in [7, 11) is 0. The van der Waals surface area contributed by atoms with E-state index in [4.69, 9.17) is 12.2 Å². The monoisotopic (exact) mass is 309 g/mol. The van der Waals surface area contributed by atoms with Crippen molar-refractivity contribution in [2.75, 3.05) is 0 Å².